The third-order valence-electron chi connectivity index (χ3n) is 2.86. The van der Waals surface area contributed by atoms with Gasteiger partial charge in [0.15, 0.2) is 0 Å². The highest BCUT2D eigenvalue weighted by Crippen LogP contribution is 2.22. The maximum atomic E-state index is 11.7. The Labute approximate surface area is 119 Å². The van der Waals surface area contributed by atoms with Crippen LogP contribution in [0.3, 0.4) is 0 Å². The van der Waals surface area contributed by atoms with Crippen LogP contribution in [0.4, 0.5) is 5.00 Å². The molecular formula is C10H14ClN3O4S. The molecule has 0 aliphatic carbocycles. The van der Waals surface area contributed by atoms with Gasteiger partial charge in [-0.05, 0) is 0 Å². The molecule has 1 aliphatic rings. The van der Waals surface area contributed by atoms with Crippen LogP contribution in [0, 0.1) is 16.0 Å². The Morgan fingerprint density at radius 3 is 2.89 bits per heavy atom. The number of nitrogens with zero attached hydrogens (tertiary/aromatic N) is 1. The van der Waals surface area contributed by atoms with Gasteiger partial charge in [-0.2, -0.15) is 0 Å². The zero-order valence-corrected chi connectivity index (χ0v) is 11.5. The zero-order valence-electron chi connectivity index (χ0n) is 9.87. The number of aliphatic hydroxyl groups excluding tert-OH is 1. The number of amides is 1. The number of aliphatic hydroxyl groups is 1. The van der Waals surface area contributed by atoms with E-state index in [-0.39, 0.29) is 34.8 Å². The number of nitro groups is 1. The standard InChI is InChI=1S/C10H13N3O4S.ClH/c14-8-4-11-2-7(8)3-12-10(15)6-1-9(13(16)17)18-5-6;/h1,5,7-8,11,14H,2-4H2,(H,12,15);1H. The van der Waals surface area contributed by atoms with Gasteiger partial charge in [-0.25, -0.2) is 0 Å². The molecule has 1 aromatic rings. The van der Waals surface area contributed by atoms with E-state index in [1.54, 1.807) is 0 Å². The molecule has 19 heavy (non-hydrogen) atoms. The second-order valence-electron chi connectivity index (χ2n) is 4.13. The number of hydrogen-bond donors (Lipinski definition) is 3. The summed E-state index contributed by atoms with van der Waals surface area (Å²) in [6, 6.07) is 1.25. The van der Waals surface area contributed by atoms with Crippen molar-refractivity contribution in [1.82, 2.24) is 10.6 Å². The van der Waals surface area contributed by atoms with E-state index < -0.39 is 11.0 Å². The normalized spacial score (nSPS) is 21.7. The Bertz CT molecular complexity index is 467. The van der Waals surface area contributed by atoms with Gasteiger partial charge in [-0.1, -0.05) is 11.3 Å². The fourth-order valence-electron chi connectivity index (χ4n) is 1.79. The van der Waals surface area contributed by atoms with Crippen LogP contribution in [-0.4, -0.2) is 41.7 Å². The SMILES string of the molecule is Cl.O=C(NCC1CNCC1O)c1csc([N+](=O)[O-])c1. The number of hydrogen-bond acceptors (Lipinski definition) is 6. The average Bonchev–Trinajstić information content (AvgIpc) is 2.94. The molecule has 0 saturated carbocycles. The topological polar surface area (TPSA) is 104 Å². The van der Waals surface area contributed by atoms with Gasteiger partial charge in [-0.15, -0.1) is 12.4 Å². The number of thiophene rings is 1. The van der Waals surface area contributed by atoms with Crippen molar-refractivity contribution < 1.29 is 14.8 Å². The van der Waals surface area contributed by atoms with Gasteiger partial charge < -0.3 is 15.7 Å². The summed E-state index contributed by atoms with van der Waals surface area (Å²) in [6.45, 7) is 1.55. The van der Waals surface area contributed by atoms with Gasteiger partial charge in [0.05, 0.1) is 16.6 Å². The Hall–Kier alpha value is -1.22. The molecule has 106 valence electrons. The van der Waals surface area contributed by atoms with Crippen molar-refractivity contribution in [3.05, 3.63) is 27.1 Å². The lowest BCUT2D eigenvalue weighted by Gasteiger charge is -2.13. The number of rotatable bonds is 4. The van der Waals surface area contributed by atoms with Crippen molar-refractivity contribution in [3.63, 3.8) is 0 Å². The second-order valence-corrected chi connectivity index (χ2v) is 5.02. The zero-order chi connectivity index (χ0) is 13.1. The van der Waals surface area contributed by atoms with E-state index in [0.717, 1.165) is 11.3 Å². The Morgan fingerprint density at radius 2 is 2.37 bits per heavy atom. The largest absolute Gasteiger partial charge is 0.391 e. The molecule has 7 nitrogen and oxygen atoms in total. The summed E-state index contributed by atoms with van der Waals surface area (Å²) in [4.78, 5) is 21.7. The van der Waals surface area contributed by atoms with E-state index >= 15 is 0 Å². The second kappa shape index (κ2) is 6.80. The third kappa shape index (κ3) is 3.87. The van der Waals surface area contributed by atoms with Crippen LogP contribution in [0.1, 0.15) is 10.4 Å². The highest BCUT2D eigenvalue weighted by atomic mass is 35.5. The maximum absolute atomic E-state index is 11.7. The van der Waals surface area contributed by atoms with E-state index in [4.69, 9.17) is 0 Å². The first-order valence-corrected chi connectivity index (χ1v) is 6.36. The predicted molar refractivity (Wildman–Crippen MR) is 72.9 cm³/mol. The molecule has 1 aliphatic heterocycles. The van der Waals surface area contributed by atoms with Crippen LogP contribution in [0.2, 0.25) is 0 Å². The molecule has 2 atom stereocenters. The van der Waals surface area contributed by atoms with Crippen LogP contribution in [-0.2, 0) is 0 Å². The molecule has 0 spiro atoms. The molecule has 1 aromatic heterocycles. The van der Waals surface area contributed by atoms with Crippen LogP contribution in [0.25, 0.3) is 0 Å². The Morgan fingerprint density at radius 1 is 1.63 bits per heavy atom. The van der Waals surface area contributed by atoms with Crippen LogP contribution < -0.4 is 10.6 Å². The van der Waals surface area contributed by atoms with Crippen molar-refractivity contribution >= 4 is 34.7 Å². The Balaban J connectivity index is 0.00000180. The average molecular weight is 308 g/mol. The first kappa shape index (κ1) is 15.8. The number of halogens is 1. The van der Waals surface area contributed by atoms with Gasteiger partial charge in [0.2, 0.25) is 0 Å². The van der Waals surface area contributed by atoms with E-state index in [0.29, 0.717) is 19.6 Å². The van der Waals surface area contributed by atoms with Gasteiger partial charge >= 0.3 is 5.00 Å². The van der Waals surface area contributed by atoms with Crippen molar-refractivity contribution in [2.75, 3.05) is 19.6 Å². The first-order valence-electron chi connectivity index (χ1n) is 5.48. The molecule has 3 N–H and O–H groups in total. The number of carbonyl (C=O) groups is 1. The molecule has 0 radical (unpaired) electrons. The lowest BCUT2D eigenvalue weighted by atomic mass is 10.1. The molecule has 1 amide bonds. The molecule has 2 rings (SSSR count). The maximum Gasteiger partial charge on any atom is 0.324 e. The van der Waals surface area contributed by atoms with Gasteiger partial charge in [0.25, 0.3) is 5.91 Å². The quantitative estimate of drug-likeness (QED) is 0.551. The molecule has 9 heteroatoms. The lowest BCUT2D eigenvalue weighted by Crippen LogP contribution is -2.34. The minimum absolute atomic E-state index is 0. The summed E-state index contributed by atoms with van der Waals surface area (Å²) < 4.78 is 0. The van der Waals surface area contributed by atoms with E-state index in [9.17, 15) is 20.0 Å². The van der Waals surface area contributed by atoms with Crippen molar-refractivity contribution in [1.29, 1.82) is 0 Å². The molecule has 2 unspecified atom stereocenters. The van der Waals surface area contributed by atoms with Crippen molar-refractivity contribution in [2.45, 2.75) is 6.10 Å². The molecular weight excluding hydrogens is 294 g/mol. The monoisotopic (exact) mass is 307 g/mol. The summed E-state index contributed by atoms with van der Waals surface area (Å²) in [7, 11) is 0. The molecule has 2 heterocycles. The number of β-amino-alcohol motifs (C(OH)–C–C–N with tert-alkyl or cyclic N) is 1. The molecule has 1 fully saturated rings. The molecule has 0 bridgehead atoms. The Kier molecular flexibility index (Phi) is 5.67. The highest BCUT2D eigenvalue weighted by Gasteiger charge is 2.25. The van der Waals surface area contributed by atoms with Gasteiger partial charge in [0.1, 0.15) is 0 Å². The minimum Gasteiger partial charge on any atom is -0.391 e. The van der Waals surface area contributed by atoms with E-state index in [1.165, 1.54) is 11.4 Å². The summed E-state index contributed by atoms with van der Waals surface area (Å²) in [6.07, 6.45) is -0.456. The van der Waals surface area contributed by atoms with Crippen LogP contribution >= 0.6 is 23.7 Å². The fourth-order valence-corrected chi connectivity index (χ4v) is 2.50. The summed E-state index contributed by atoms with van der Waals surface area (Å²) in [5.41, 5.74) is 0.284. The summed E-state index contributed by atoms with van der Waals surface area (Å²) in [5.74, 6) is -0.360. The van der Waals surface area contributed by atoms with Crippen LogP contribution in [0.5, 0.6) is 0 Å². The van der Waals surface area contributed by atoms with E-state index in [1.807, 2.05) is 0 Å². The smallest absolute Gasteiger partial charge is 0.324 e. The molecule has 0 aromatic carbocycles. The van der Waals surface area contributed by atoms with Crippen molar-refractivity contribution in [3.8, 4) is 0 Å². The van der Waals surface area contributed by atoms with Gasteiger partial charge in [-0.3, -0.25) is 14.9 Å². The predicted octanol–water partition coefficient (Wildman–Crippen LogP) is 0.388. The van der Waals surface area contributed by atoms with Crippen molar-refractivity contribution in [2.24, 2.45) is 5.92 Å². The minimum atomic E-state index is -0.522. The molecule has 1 saturated heterocycles. The lowest BCUT2D eigenvalue weighted by molar-refractivity contribution is -0.380. The summed E-state index contributed by atoms with van der Waals surface area (Å²) >= 11 is 0.923. The number of nitrogens with one attached hydrogen (secondary N) is 2. The highest BCUT2D eigenvalue weighted by molar-refractivity contribution is 7.13. The summed E-state index contributed by atoms with van der Waals surface area (Å²) in [5, 5.41) is 27.1. The number of carbonyl (C=O) groups excluding carboxylic acids is 1. The van der Waals surface area contributed by atoms with Gasteiger partial charge in [0, 0.05) is 37.0 Å². The van der Waals surface area contributed by atoms with E-state index in [2.05, 4.69) is 10.6 Å². The first-order chi connectivity index (χ1) is 8.58. The van der Waals surface area contributed by atoms with Crippen LogP contribution in [0.15, 0.2) is 11.4 Å². The fraction of sp³-hybridized carbons (Fsp3) is 0.500. The third-order valence-corrected chi connectivity index (χ3v) is 3.74.